The summed E-state index contributed by atoms with van der Waals surface area (Å²) in [5.74, 6) is 5.26. The van der Waals surface area contributed by atoms with Gasteiger partial charge in [-0.15, -0.1) is 0 Å². The van der Waals surface area contributed by atoms with Crippen LogP contribution in [0.1, 0.15) is 17.5 Å². The van der Waals surface area contributed by atoms with Crippen LogP contribution in [0.4, 0.5) is 4.39 Å². The number of nitrogens with one attached hydrogen (secondary N) is 1. The monoisotopic (exact) mass is 296 g/mol. The summed E-state index contributed by atoms with van der Waals surface area (Å²) in [5.41, 5.74) is 4.36. The van der Waals surface area contributed by atoms with Crippen molar-refractivity contribution in [2.45, 2.75) is 25.3 Å². The zero-order valence-corrected chi connectivity index (χ0v) is 12.1. The maximum atomic E-state index is 13.7. The summed E-state index contributed by atoms with van der Waals surface area (Å²) in [7, 11) is 1.88. The SMILES string of the molecule is Cn1cc(CCC(Cc2c(F)cccc2Cl)NN)cn1. The maximum Gasteiger partial charge on any atom is 0.127 e. The molecule has 20 heavy (non-hydrogen) atoms. The first-order valence-electron chi connectivity index (χ1n) is 6.46. The van der Waals surface area contributed by atoms with Crippen LogP contribution in [0.5, 0.6) is 0 Å². The van der Waals surface area contributed by atoms with Crippen LogP contribution in [-0.2, 0) is 19.9 Å². The Hall–Kier alpha value is -1.43. The molecular formula is C14H18ClFN4. The van der Waals surface area contributed by atoms with Crippen molar-refractivity contribution in [3.63, 3.8) is 0 Å². The maximum absolute atomic E-state index is 13.7. The molecule has 108 valence electrons. The fourth-order valence-corrected chi connectivity index (χ4v) is 2.40. The Kier molecular flexibility index (Phi) is 5.11. The highest BCUT2D eigenvalue weighted by molar-refractivity contribution is 6.31. The van der Waals surface area contributed by atoms with Crippen LogP contribution in [0.3, 0.4) is 0 Å². The van der Waals surface area contributed by atoms with Gasteiger partial charge >= 0.3 is 0 Å². The van der Waals surface area contributed by atoms with E-state index in [4.69, 9.17) is 17.4 Å². The predicted molar refractivity (Wildman–Crippen MR) is 77.8 cm³/mol. The highest BCUT2D eigenvalue weighted by Crippen LogP contribution is 2.21. The first-order chi connectivity index (χ1) is 9.60. The van der Waals surface area contributed by atoms with Crippen molar-refractivity contribution < 1.29 is 4.39 Å². The summed E-state index contributed by atoms with van der Waals surface area (Å²) >= 11 is 6.03. The highest BCUT2D eigenvalue weighted by Gasteiger charge is 2.14. The van der Waals surface area contributed by atoms with E-state index in [0.29, 0.717) is 17.0 Å². The molecule has 0 amide bonds. The third kappa shape index (κ3) is 3.79. The van der Waals surface area contributed by atoms with Gasteiger partial charge in [0.25, 0.3) is 0 Å². The van der Waals surface area contributed by atoms with E-state index < -0.39 is 0 Å². The summed E-state index contributed by atoms with van der Waals surface area (Å²) in [6, 6.07) is 4.66. The Bertz CT molecular complexity index is 550. The van der Waals surface area contributed by atoms with Crippen LogP contribution in [0.25, 0.3) is 0 Å². The van der Waals surface area contributed by atoms with Crippen molar-refractivity contribution in [1.82, 2.24) is 15.2 Å². The lowest BCUT2D eigenvalue weighted by Gasteiger charge is -2.16. The molecule has 1 heterocycles. The molecule has 1 aromatic carbocycles. The average molecular weight is 297 g/mol. The minimum absolute atomic E-state index is 0.0374. The van der Waals surface area contributed by atoms with Gasteiger partial charge in [-0.1, -0.05) is 17.7 Å². The normalized spacial score (nSPS) is 12.6. The van der Waals surface area contributed by atoms with Gasteiger partial charge < -0.3 is 0 Å². The van der Waals surface area contributed by atoms with E-state index >= 15 is 0 Å². The molecule has 1 aromatic heterocycles. The molecule has 3 N–H and O–H groups in total. The van der Waals surface area contributed by atoms with Crippen molar-refractivity contribution in [3.05, 3.63) is 52.6 Å². The molecule has 0 aliphatic rings. The van der Waals surface area contributed by atoms with Crippen LogP contribution in [-0.4, -0.2) is 15.8 Å². The summed E-state index contributed by atoms with van der Waals surface area (Å²) in [4.78, 5) is 0. The van der Waals surface area contributed by atoms with Gasteiger partial charge in [-0.3, -0.25) is 16.0 Å². The lowest BCUT2D eigenvalue weighted by Crippen LogP contribution is -2.37. The van der Waals surface area contributed by atoms with Crippen molar-refractivity contribution in [2.75, 3.05) is 0 Å². The molecule has 0 aliphatic carbocycles. The van der Waals surface area contributed by atoms with Crippen molar-refractivity contribution >= 4 is 11.6 Å². The van der Waals surface area contributed by atoms with Gasteiger partial charge in [0, 0.05) is 29.9 Å². The number of aromatic nitrogens is 2. The van der Waals surface area contributed by atoms with Gasteiger partial charge in [-0.2, -0.15) is 5.10 Å². The molecular weight excluding hydrogens is 279 g/mol. The first-order valence-corrected chi connectivity index (χ1v) is 6.84. The molecule has 6 heteroatoms. The van der Waals surface area contributed by atoms with Crippen molar-refractivity contribution in [3.8, 4) is 0 Å². The van der Waals surface area contributed by atoms with Crippen LogP contribution in [0, 0.1) is 5.82 Å². The first kappa shape index (κ1) is 15.0. The fourth-order valence-electron chi connectivity index (χ4n) is 2.16. The van der Waals surface area contributed by atoms with E-state index in [1.54, 1.807) is 16.8 Å². The minimum atomic E-state index is -0.292. The number of hydrazine groups is 1. The third-order valence-electron chi connectivity index (χ3n) is 3.29. The Morgan fingerprint density at radius 2 is 2.30 bits per heavy atom. The second-order valence-electron chi connectivity index (χ2n) is 4.83. The lowest BCUT2D eigenvalue weighted by atomic mass is 10.0. The molecule has 0 radical (unpaired) electrons. The summed E-state index contributed by atoms with van der Waals surface area (Å²) in [5, 5.41) is 4.55. The highest BCUT2D eigenvalue weighted by atomic mass is 35.5. The van der Waals surface area contributed by atoms with E-state index in [9.17, 15) is 4.39 Å². The Morgan fingerprint density at radius 1 is 1.50 bits per heavy atom. The molecule has 1 unspecified atom stereocenters. The second-order valence-corrected chi connectivity index (χ2v) is 5.24. The molecule has 0 spiro atoms. The molecule has 0 fully saturated rings. The second kappa shape index (κ2) is 6.83. The van der Waals surface area contributed by atoms with Crippen LogP contribution >= 0.6 is 11.6 Å². The number of hydrogen-bond acceptors (Lipinski definition) is 3. The van der Waals surface area contributed by atoms with Gasteiger partial charge in [0.2, 0.25) is 0 Å². The summed E-state index contributed by atoms with van der Waals surface area (Å²) < 4.78 is 15.5. The van der Waals surface area contributed by atoms with Gasteiger partial charge in [-0.25, -0.2) is 4.39 Å². The molecule has 0 saturated carbocycles. The molecule has 1 atom stereocenters. The van der Waals surface area contributed by atoms with Crippen LogP contribution < -0.4 is 11.3 Å². The molecule has 0 aliphatic heterocycles. The smallest absolute Gasteiger partial charge is 0.127 e. The van der Waals surface area contributed by atoms with E-state index in [-0.39, 0.29) is 11.9 Å². The molecule has 4 nitrogen and oxygen atoms in total. The van der Waals surface area contributed by atoms with Crippen molar-refractivity contribution in [1.29, 1.82) is 0 Å². The number of rotatable bonds is 6. The number of aryl methyl sites for hydroxylation is 2. The number of halogens is 2. The van der Waals surface area contributed by atoms with E-state index in [1.165, 1.54) is 6.07 Å². The fraction of sp³-hybridized carbons (Fsp3) is 0.357. The van der Waals surface area contributed by atoms with E-state index in [0.717, 1.165) is 18.4 Å². The van der Waals surface area contributed by atoms with Gasteiger partial charge in [-0.05, 0) is 37.0 Å². The lowest BCUT2D eigenvalue weighted by molar-refractivity contribution is 0.480. The quantitative estimate of drug-likeness (QED) is 0.635. The zero-order valence-electron chi connectivity index (χ0n) is 11.3. The van der Waals surface area contributed by atoms with Crippen LogP contribution in [0.15, 0.2) is 30.6 Å². The van der Waals surface area contributed by atoms with Gasteiger partial charge in [0.15, 0.2) is 0 Å². The predicted octanol–water partition coefficient (Wildman–Crippen LogP) is 2.22. The number of hydrogen-bond donors (Lipinski definition) is 2. The van der Waals surface area contributed by atoms with E-state index in [2.05, 4.69) is 10.5 Å². The number of benzene rings is 1. The van der Waals surface area contributed by atoms with E-state index in [1.807, 2.05) is 19.4 Å². The Balaban J connectivity index is 1.98. The van der Waals surface area contributed by atoms with Gasteiger partial charge in [0.05, 0.1) is 6.20 Å². The molecule has 0 saturated heterocycles. The van der Waals surface area contributed by atoms with Crippen LogP contribution in [0.2, 0.25) is 5.02 Å². The third-order valence-corrected chi connectivity index (χ3v) is 3.64. The number of nitrogens with two attached hydrogens (primary N) is 1. The summed E-state index contributed by atoms with van der Waals surface area (Å²) in [6.07, 6.45) is 5.86. The zero-order chi connectivity index (χ0) is 14.5. The topological polar surface area (TPSA) is 55.9 Å². The minimum Gasteiger partial charge on any atom is -0.276 e. The molecule has 0 bridgehead atoms. The molecule has 2 rings (SSSR count). The number of nitrogens with zero attached hydrogens (tertiary/aromatic N) is 2. The standard InChI is InChI=1S/C14H18ClFN4/c1-20-9-10(8-18-20)5-6-11(19-17)7-12-13(15)3-2-4-14(12)16/h2-4,8-9,11,19H,5-7,17H2,1H3. The van der Waals surface area contributed by atoms with Crippen molar-refractivity contribution in [2.24, 2.45) is 12.9 Å². The summed E-state index contributed by atoms with van der Waals surface area (Å²) in [6.45, 7) is 0. The Morgan fingerprint density at radius 3 is 2.90 bits per heavy atom. The average Bonchev–Trinajstić information content (AvgIpc) is 2.83. The molecule has 2 aromatic rings. The largest absolute Gasteiger partial charge is 0.276 e. The Labute approximate surface area is 122 Å². The van der Waals surface area contributed by atoms with Gasteiger partial charge in [0.1, 0.15) is 5.82 Å².